The van der Waals surface area contributed by atoms with Crippen LogP contribution >= 0.6 is 0 Å². The van der Waals surface area contributed by atoms with Crippen molar-refractivity contribution in [3.05, 3.63) is 12.2 Å². The van der Waals surface area contributed by atoms with Crippen LogP contribution in [-0.4, -0.2) is 21.8 Å². The number of allylic oxidation sites excluding steroid dienone is 2. The van der Waals surface area contributed by atoms with Gasteiger partial charge in [0.15, 0.2) is 0 Å². The largest absolute Gasteiger partial charge is 0.394 e. The van der Waals surface area contributed by atoms with Crippen LogP contribution in [0.5, 0.6) is 0 Å². The minimum absolute atomic E-state index is 0.654. The van der Waals surface area contributed by atoms with Gasteiger partial charge in [-0.05, 0) is 37.6 Å². The lowest BCUT2D eigenvalue weighted by molar-refractivity contribution is 0.0494. The smallest absolute Gasteiger partial charge is 0.338 e. The standard InChI is InChI=1S/C17H30O2Si/c1-3-4-5-6-7-15-12-18-20(2,19-13-15)17-11-14-8-9-16(17)10-14/h8-9,14-17H,3-7,10-13H2,1-2H3. The van der Waals surface area contributed by atoms with Crippen molar-refractivity contribution in [2.24, 2.45) is 17.8 Å². The van der Waals surface area contributed by atoms with Crippen molar-refractivity contribution in [1.82, 2.24) is 0 Å². The van der Waals surface area contributed by atoms with Gasteiger partial charge in [0.05, 0.1) is 0 Å². The number of hydrogen-bond donors (Lipinski definition) is 0. The summed E-state index contributed by atoms with van der Waals surface area (Å²) in [5.41, 5.74) is 0.721. The number of fused-ring (bicyclic) bond motifs is 2. The fourth-order valence-electron chi connectivity index (χ4n) is 4.28. The molecular formula is C17H30O2Si. The highest BCUT2D eigenvalue weighted by Gasteiger charge is 2.52. The van der Waals surface area contributed by atoms with Crippen LogP contribution in [0.25, 0.3) is 0 Å². The second kappa shape index (κ2) is 6.33. The zero-order valence-electron chi connectivity index (χ0n) is 13.1. The van der Waals surface area contributed by atoms with Crippen LogP contribution in [-0.2, 0) is 8.85 Å². The summed E-state index contributed by atoms with van der Waals surface area (Å²) in [7, 11) is -1.90. The van der Waals surface area contributed by atoms with E-state index in [1.54, 1.807) is 0 Å². The molecular weight excluding hydrogens is 264 g/mol. The predicted octanol–water partition coefficient (Wildman–Crippen LogP) is 4.66. The van der Waals surface area contributed by atoms with E-state index in [4.69, 9.17) is 8.85 Å². The van der Waals surface area contributed by atoms with Crippen LogP contribution in [0.2, 0.25) is 12.1 Å². The van der Waals surface area contributed by atoms with Gasteiger partial charge in [0.25, 0.3) is 0 Å². The van der Waals surface area contributed by atoms with Gasteiger partial charge in [-0.2, -0.15) is 0 Å². The second-order valence-electron chi connectivity index (χ2n) is 7.24. The van der Waals surface area contributed by atoms with Crippen molar-refractivity contribution in [2.75, 3.05) is 13.2 Å². The molecule has 0 N–H and O–H groups in total. The second-order valence-corrected chi connectivity index (χ2v) is 10.6. The Labute approximate surface area is 125 Å². The Morgan fingerprint density at radius 2 is 1.85 bits per heavy atom. The van der Waals surface area contributed by atoms with E-state index in [-0.39, 0.29) is 0 Å². The molecule has 2 fully saturated rings. The summed E-state index contributed by atoms with van der Waals surface area (Å²) >= 11 is 0. The molecule has 3 aliphatic rings. The van der Waals surface area contributed by atoms with Crippen LogP contribution in [0, 0.1) is 17.8 Å². The third-order valence-corrected chi connectivity index (χ3v) is 9.12. The first kappa shape index (κ1) is 14.8. The summed E-state index contributed by atoms with van der Waals surface area (Å²) in [5.74, 6) is 2.24. The predicted molar refractivity (Wildman–Crippen MR) is 84.9 cm³/mol. The highest BCUT2D eigenvalue weighted by molar-refractivity contribution is 6.68. The molecule has 3 rings (SSSR count). The van der Waals surface area contributed by atoms with Crippen molar-refractivity contribution < 1.29 is 8.85 Å². The van der Waals surface area contributed by atoms with Gasteiger partial charge in [-0.3, -0.25) is 0 Å². The molecule has 1 saturated heterocycles. The highest BCUT2D eigenvalue weighted by Crippen LogP contribution is 2.52. The topological polar surface area (TPSA) is 18.5 Å². The number of unbranched alkanes of at least 4 members (excludes halogenated alkanes) is 3. The molecule has 2 nitrogen and oxygen atoms in total. The van der Waals surface area contributed by atoms with Crippen molar-refractivity contribution in [3.8, 4) is 0 Å². The third-order valence-electron chi connectivity index (χ3n) is 5.63. The minimum atomic E-state index is -1.90. The summed E-state index contributed by atoms with van der Waals surface area (Å²) in [6, 6.07) is 0. The molecule has 0 aromatic rings. The number of hydrogen-bond acceptors (Lipinski definition) is 2. The van der Waals surface area contributed by atoms with E-state index in [0.717, 1.165) is 30.6 Å². The van der Waals surface area contributed by atoms with Crippen LogP contribution in [0.15, 0.2) is 12.2 Å². The average Bonchev–Trinajstić information content (AvgIpc) is 3.09. The van der Waals surface area contributed by atoms with Gasteiger partial charge >= 0.3 is 8.56 Å². The monoisotopic (exact) mass is 294 g/mol. The molecule has 1 aliphatic heterocycles. The van der Waals surface area contributed by atoms with Gasteiger partial charge < -0.3 is 8.85 Å². The van der Waals surface area contributed by atoms with Gasteiger partial charge in [-0.25, -0.2) is 0 Å². The van der Waals surface area contributed by atoms with E-state index >= 15 is 0 Å². The molecule has 1 saturated carbocycles. The summed E-state index contributed by atoms with van der Waals surface area (Å²) in [6.45, 7) is 6.52. The first-order valence-corrected chi connectivity index (χ1v) is 11.1. The summed E-state index contributed by atoms with van der Waals surface area (Å²) in [6.07, 6.45) is 14.2. The van der Waals surface area contributed by atoms with E-state index < -0.39 is 8.56 Å². The van der Waals surface area contributed by atoms with Crippen LogP contribution < -0.4 is 0 Å². The van der Waals surface area contributed by atoms with Gasteiger partial charge in [0.1, 0.15) is 0 Å². The van der Waals surface area contributed by atoms with Crippen molar-refractivity contribution in [3.63, 3.8) is 0 Å². The van der Waals surface area contributed by atoms with E-state index in [0.29, 0.717) is 5.92 Å². The Hall–Kier alpha value is -0.123. The quantitative estimate of drug-likeness (QED) is 0.403. The molecule has 2 bridgehead atoms. The van der Waals surface area contributed by atoms with Gasteiger partial charge in [0.2, 0.25) is 0 Å². The van der Waals surface area contributed by atoms with E-state index in [9.17, 15) is 0 Å². The van der Waals surface area contributed by atoms with Crippen molar-refractivity contribution >= 4 is 8.56 Å². The molecule has 0 amide bonds. The molecule has 114 valence electrons. The Balaban J connectivity index is 1.44. The summed E-state index contributed by atoms with van der Waals surface area (Å²) in [4.78, 5) is 0. The van der Waals surface area contributed by atoms with Crippen LogP contribution in [0.1, 0.15) is 51.9 Å². The minimum Gasteiger partial charge on any atom is -0.394 e. The van der Waals surface area contributed by atoms with E-state index in [1.807, 2.05) is 0 Å². The Kier molecular flexibility index (Phi) is 4.68. The first-order valence-electron chi connectivity index (χ1n) is 8.67. The molecule has 20 heavy (non-hydrogen) atoms. The lowest BCUT2D eigenvalue weighted by Crippen LogP contribution is -2.51. The molecule has 0 aromatic carbocycles. The van der Waals surface area contributed by atoms with Crippen LogP contribution in [0.4, 0.5) is 0 Å². The third kappa shape index (κ3) is 3.05. The van der Waals surface area contributed by atoms with Gasteiger partial charge in [-0.15, -0.1) is 0 Å². The zero-order valence-corrected chi connectivity index (χ0v) is 14.1. The first-order chi connectivity index (χ1) is 9.71. The lowest BCUT2D eigenvalue weighted by atomic mass is 10.0. The summed E-state index contributed by atoms with van der Waals surface area (Å²) in [5, 5.41) is 0. The fourth-order valence-corrected chi connectivity index (χ4v) is 7.68. The molecule has 3 atom stereocenters. The number of rotatable bonds is 6. The van der Waals surface area contributed by atoms with E-state index in [2.05, 4.69) is 25.6 Å². The van der Waals surface area contributed by atoms with Crippen molar-refractivity contribution in [1.29, 1.82) is 0 Å². The van der Waals surface area contributed by atoms with E-state index in [1.165, 1.54) is 44.9 Å². The molecule has 0 spiro atoms. The maximum Gasteiger partial charge on any atom is 0.338 e. The molecule has 3 heteroatoms. The lowest BCUT2D eigenvalue weighted by Gasteiger charge is -2.41. The maximum atomic E-state index is 6.35. The average molecular weight is 295 g/mol. The van der Waals surface area contributed by atoms with Gasteiger partial charge in [-0.1, -0.05) is 44.8 Å². The zero-order chi connectivity index (χ0) is 14.0. The normalized spacial score (nSPS) is 43.3. The van der Waals surface area contributed by atoms with Crippen LogP contribution in [0.3, 0.4) is 0 Å². The molecule has 0 aromatic heterocycles. The van der Waals surface area contributed by atoms with Crippen molar-refractivity contribution in [2.45, 2.75) is 64.0 Å². The Bertz CT molecular complexity index is 347. The Morgan fingerprint density at radius 1 is 1.05 bits per heavy atom. The summed E-state index contributed by atoms with van der Waals surface area (Å²) < 4.78 is 12.7. The fraction of sp³-hybridized carbons (Fsp3) is 0.882. The molecule has 2 aliphatic carbocycles. The van der Waals surface area contributed by atoms with Gasteiger partial charge in [0, 0.05) is 24.7 Å². The molecule has 0 radical (unpaired) electrons. The Morgan fingerprint density at radius 3 is 2.45 bits per heavy atom. The molecule has 1 heterocycles. The maximum absolute atomic E-state index is 6.35. The molecule has 3 unspecified atom stereocenters. The SMILES string of the molecule is CCCCCCC1CO[Si](C)(C2CC3C=CC2C3)OC1. The highest BCUT2D eigenvalue weighted by atomic mass is 28.4.